The Morgan fingerprint density at radius 3 is 2.48 bits per heavy atom. The van der Waals surface area contributed by atoms with Crippen molar-refractivity contribution >= 4 is 17.4 Å². The monoisotopic (exact) mass is 302 g/mol. The Balaban J connectivity index is 1.79. The van der Waals surface area contributed by atoms with Crippen molar-refractivity contribution in [3.8, 4) is 0 Å². The SMILES string of the molecule is O=C1CCC[C@]2(CC/C(=C/c3ccccc3)c3ccccc32)C1. The zero-order valence-corrected chi connectivity index (χ0v) is 13.4. The van der Waals surface area contributed by atoms with Gasteiger partial charge in [0.15, 0.2) is 0 Å². The lowest BCUT2D eigenvalue weighted by Gasteiger charge is -2.42. The lowest BCUT2D eigenvalue weighted by Crippen LogP contribution is -2.36. The number of carbonyl (C=O) groups is 1. The molecule has 1 spiro atoms. The molecule has 0 unspecified atom stereocenters. The van der Waals surface area contributed by atoms with E-state index in [4.69, 9.17) is 0 Å². The minimum atomic E-state index is 0.0972. The van der Waals surface area contributed by atoms with Crippen LogP contribution in [0.1, 0.15) is 55.2 Å². The van der Waals surface area contributed by atoms with E-state index in [1.165, 1.54) is 22.3 Å². The van der Waals surface area contributed by atoms with Gasteiger partial charge in [0.25, 0.3) is 0 Å². The Labute approximate surface area is 138 Å². The first-order valence-corrected chi connectivity index (χ1v) is 8.64. The molecular weight excluding hydrogens is 280 g/mol. The van der Waals surface area contributed by atoms with E-state index in [1.807, 2.05) is 0 Å². The van der Waals surface area contributed by atoms with Gasteiger partial charge in [-0.2, -0.15) is 0 Å². The number of Topliss-reactive ketones (excluding diaryl/α,β-unsaturated/α-hetero) is 1. The van der Waals surface area contributed by atoms with E-state index in [0.717, 1.165) is 38.5 Å². The normalized spacial score (nSPS) is 25.6. The van der Waals surface area contributed by atoms with E-state index in [2.05, 4.69) is 60.7 Å². The Morgan fingerprint density at radius 2 is 1.65 bits per heavy atom. The highest BCUT2D eigenvalue weighted by Gasteiger charge is 2.41. The second-order valence-corrected chi connectivity index (χ2v) is 6.98. The first-order chi connectivity index (χ1) is 11.3. The van der Waals surface area contributed by atoms with Crippen LogP contribution in [0.3, 0.4) is 0 Å². The topological polar surface area (TPSA) is 17.1 Å². The molecule has 0 radical (unpaired) electrons. The molecule has 2 aliphatic carbocycles. The van der Waals surface area contributed by atoms with Crippen LogP contribution in [0.25, 0.3) is 11.6 Å². The number of carbonyl (C=O) groups excluding carboxylic acids is 1. The first-order valence-electron chi connectivity index (χ1n) is 8.64. The summed E-state index contributed by atoms with van der Waals surface area (Å²) < 4.78 is 0. The van der Waals surface area contributed by atoms with E-state index in [1.54, 1.807) is 0 Å². The van der Waals surface area contributed by atoms with Gasteiger partial charge >= 0.3 is 0 Å². The molecule has 0 aliphatic heterocycles. The van der Waals surface area contributed by atoms with Crippen LogP contribution >= 0.6 is 0 Å². The number of ketones is 1. The predicted molar refractivity (Wildman–Crippen MR) is 95.1 cm³/mol. The third-order valence-corrected chi connectivity index (χ3v) is 5.50. The predicted octanol–water partition coefficient (Wildman–Crippen LogP) is 5.40. The Bertz CT molecular complexity index is 757. The van der Waals surface area contributed by atoms with Crippen LogP contribution in [0.4, 0.5) is 0 Å². The molecule has 0 N–H and O–H groups in total. The van der Waals surface area contributed by atoms with Crippen molar-refractivity contribution in [3.63, 3.8) is 0 Å². The molecule has 23 heavy (non-hydrogen) atoms. The van der Waals surface area contributed by atoms with Crippen LogP contribution in [0.5, 0.6) is 0 Å². The molecule has 2 aromatic carbocycles. The molecule has 116 valence electrons. The number of fused-ring (bicyclic) bond motifs is 2. The summed E-state index contributed by atoms with van der Waals surface area (Å²) in [4.78, 5) is 12.1. The van der Waals surface area contributed by atoms with Gasteiger partial charge in [0.05, 0.1) is 0 Å². The second kappa shape index (κ2) is 5.81. The van der Waals surface area contributed by atoms with E-state index < -0.39 is 0 Å². The number of rotatable bonds is 1. The van der Waals surface area contributed by atoms with Crippen molar-refractivity contribution in [2.75, 3.05) is 0 Å². The molecule has 1 saturated carbocycles. The number of hydrogen-bond acceptors (Lipinski definition) is 1. The maximum Gasteiger partial charge on any atom is 0.133 e. The van der Waals surface area contributed by atoms with Crippen molar-refractivity contribution in [1.29, 1.82) is 0 Å². The molecule has 2 aromatic rings. The van der Waals surface area contributed by atoms with Crippen molar-refractivity contribution in [3.05, 3.63) is 71.3 Å². The smallest absolute Gasteiger partial charge is 0.133 e. The van der Waals surface area contributed by atoms with Crippen molar-refractivity contribution in [1.82, 2.24) is 0 Å². The molecule has 1 heteroatoms. The number of hydrogen-bond donors (Lipinski definition) is 0. The summed E-state index contributed by atoms with van der Waals surface area (Å²) in [7, 11) is 0. The first kappa shape index (κ1) is 14.4. The Kier molecular flexibility index (Phi) is 3.65. The highest BCUT2D eigenvalue weighted by atomic mass is 16.1. The zero-order valence-electron chi connectivity index (χ0n) is 13.4. The maximum absolute atomic E-state index is 12.1. The second-order valence-electron chi connectivity index (χ2n) is 6.98. The van der Waals surface area contributed by atoms with Gasteiger partial charge in [-0.3, -0.25) is 4.79 Å². The molecule has 4 rings (SSSR count). The van der Waals surface area contributed by atoms with Crippen LogP contribution in [-0.2, 0) is 10.2 Å². The summed E-state index contributed by atoms with van der Waals surface area (Å²) in [5.41, 5.74) is 5.53. The van der Waals surface area contributed by atoms with Crippen molar-refractivity contribution < 1.29 is 4.79 Å². The fourth-order valence-corrected chi connectivity index (χ4v) is 4.39. The van der Waals surface area contributed by atoms with E-state index in [-0.39, 0.29) is 5.41 Å². The van der Waals surface area contributed by atoms with Crippen molar-refractivity contribution in [2.45, 2.75) is 43.9 Å². The summed E-state index contributed by atoms with van der Waals surface area (Å²) in [6, 6.07) is 19.3. The van der Waals surface area contributed by atoms with Gasteiger partial charge in [-0.05, 0) is 47.9 Å². The van der Waals surface area contributed by atoms with Crippen LogP contribution in [0, 0.1) is 0 Å². The van der Waals surface area contributed by atoms with Crippen LogP contribution in [-0.4, -0.2) is 5.78 Å². The average Bonchev–Trinajstić information content (AvgIpc) is 2.59. The third-order valence-electron chi connectivity index (χ3n) is 5.50. The molecule has 0 bridgehead atoms. The standard InChI is InChI=1S/C22H22O/c23-19-9-6-13-22(16-19)14-12-18(15-17-7-2-1-3-8-17)20-10-4-5-11-21(20)22/h1-5,7-8,10-11,15H,6,9,12-14,16H2/b18-15-/t22-/m0/s1. The Morgan fingerprint density at radius 1 is 0.870 bits per heavy atom. The highest BCUT2D eigenvalue weighted by Crippen LogP contribution is 2.49. The molecule has 1 atom stereocenters. The maximum atomic E-state index is 12.1. The molecule has 2 aliphatic rings. The lowest BCUT2D eigenvalue weighted by molar-refractivity contribution is -0.122. The van der Waals surface area contributed by atoms with E-state index in [0.29, 0.717) is 5.78 Å². The van der Waals surface area contributed by atoms with E-state index >= 15 is 0 Å². The molecular formula is C22H22O. The quantitative estimate of drug-likeness (QED) is 0.689. The van der Waals surface area contributed by atoms with Gasteiger partial charge < -0.3 is 0 Å². The van der Waals surface area contributed by atoms with Gasteiger partial charge in [-0.1, -0.05) is 60.7 Å². The average molecular weight is 302 g/mol. The van der Waals surface area contributed by atoms with Gasteiger partial charge in [0.1, 0.15) is 5.78 Å². The largest absolute Gasteiger partial charge is 0.300 e. The van der Waals surface area contributed by atoms with E-state index in [9.17, 15) is 4.79 Å². The fourth-order valence-electron chi connectivity index (χ4n) is 4.39. The molecule has 1 fully saturated rings. The van der Waals surface area contributed by atoms with Gasteiger partial charge in [0, 0.05) is 18.3 Å². The summed E-state index contributed by atoms with van der Waals surface area (Å²) in [5, 5.41) is 0. The van der Waals surface area contributed by atoms with Gasteiger partial charge in [-0.25, -0.2) is 0 Å². The number of allylic oxidation sites excluding steroid dienone is 1. The molecule has 1 nitrogen and oxygen atoms in total. The van der Waals surface area contributed by atoms with Crippen LogP contribution in [0.2, 0.25) is 0 Å². The summed E-state index contributed by atoms with van der Waals surface area (Å²) in [6.45, 7) is 0. The molecule has 0 heterocycles. The number of benzene rings is 2. The van der Waals surface area contributed by atoms with Crippen LogP contribution < -0.4 is 0 Å². The van der Waals surface area contributed by atoms with Gasteiger partial charge in [-0.15, -0.1) is 0 Å². The highest BCUT2D eigenvalue weighted by molar-refractivity contribution is 5.87. The minimum absolute atomic E-state index is 0.0972. The van der Waals surface area contributed by atoms with Crippen molar-refractivity contribution in [2.24, 2.45) is 0 Å². The molecule has 0 saturated heterocycles. The molecule has 0 amide bonds. The summed E-state index contributed by atoms with van der Waals surface area (Å²) in [5.74, 6) is 0.446. The lowest BCUT2D eigenvalue weighted by atomic mass is 9.61. The fraction of sp³-hybridized carbons (Fsp3) is 0.318. The Hall–Kier alpha value is -2.15. The van der Waals surface area contributed by atoms with Crippen LogP contribution in [0.15, 0.2) is 54.6 Å². The third kappa shape index (κ3) is 2.65. The summed E-state index contributed by atoms with van der Waals surface area (Å²) >= 11 is 0. The minimum Gasteiger partial charge on any atom is -0.300 e. The molecule has 0 aromatic heterocycles. The summed E-state index contributed by atoms with van der Waals surface area (Å²) in [6.07, 6.45) is 8.21. The zero-order chi connectivity index (χ0) is 15.7. The van der Waals surface area contributed by atoms with Gasteiger partial charge in [0.2, 0.25) is 0 Å².